The highest BCUT2D eigenvalue weighted by molar-refractivity contribution is 5.92. The number of rotatable bonds is 15. The van der Waals surface area contributed by atoms with Crippen molar-refractivity contribution in [3.8, 4) is 0 Å². The van der Waals surface area contributed by atoms with E-state index in [9.17, 15) is 14.4 Å². The normalized spacial score (nSPS) is 13.7. The third kappa shape index (κ3) is 12.0. The standard InChI is InChI=1S/C34H51N3O4/c1-8-9-16-23-35-31(38)30(28-19-14-11-15-20-28)37(26(4)22-21-25(2)3)32(39)29(24-27-17-12-10-13-18-27)36-33(40)41-34(5,6)7/h10-15,17-20,25-26,29-30H,8-9,16,21-24H2,1-7H3,(H,35,38)(H,36,40). The molecule has 0 aliphatic carbocycles. The van der Waals surface area contributed by atoms with Gasteiger partial charge in [-0.25, -0.2) is 4.79 Å². The molecule has 0 radical (unpaired) electrons. The van der Waals surface area contributed by atoms with Gasteiger partial charge in [-0.2, -0.15) is 0 Å². The average Bonchev–Trinajstić information content (AvgIpc) is 2.92. The summed E-state index contributed by atoms with van der Waals surface area (Å²) in [4.78, 5) is 43.1. The van der Waals surface area contributed by atoms with Gasteiger partial charge in [-0.1, -0.05) is 94.3 Å². The Bertz CT molecular complexity index is 1070. The van der Waals surface area contributed by atoms with Crippen molar-refractivity contribution in [2.75, 3.05) is 6.54 Å². The third-order valence-electron chi connectivity index (χ3n) is 6.88. The van der Waals surface area contributed by atoms with Crippen LogP contribution in [0.1, 0.15) is 97.7 Å². The number of hydrogen-bond acceptors (Lipinski definition) is 4. The van der Waals surface area contributed by atoms with E-state index in [1.54, 1.807) is 25.7 Å². The Kier molecular flexibility index (Phi) is 13.9. The van der Waals surface area contributed by atoms with Gasteiger partial charge in [-0.3, -0.25) is 9.59 Å². The van der Waals surface area contributed by atoms with Crippen LogP contribution in [0.3, 0.4) is 0 Å². The summed E-state index contributed by atoms with van der Waals surface area (Å²) >= 11 is 0. The molecule has 0 saturated carbocycles. The topological polar surface area (TPSA) is 87.7 Å². The van der Waals surface area contributed by atoms with Crippen molar-refractivity contribution in [3.05, 3.63) is 71.8 Å². The number of unbranched alkanes of at least 4 members (excludes halogenated alkanes) is 2. The van der Waals surface area contributed by atoms with Gasteiger partial charge in [0.25, 0.3) is 0 Å². The molecule has 7 nitrogen and oxygen atoms in total. The lowest BCUT2D eigenvalue weighted by molar-refractivity contribution is -0.145. The molecule has 0 heterocycles. The molecular formula is C34H51N3O4. The van der Waals surface area contributed by atoms with E-state index >= 15 is 0 Å². The van der Waals surface area contributed by atoms with Crippen LogP contribution < -0.4 is 10.6 Å². The van der Waals surface area contributed by atoms with Gasteiger partial charge in [0.05, 0.1) is 0 Å². The average molecular weight is 566 g/mol. The summed E-state index contributed by atoms with van der Waals surface area (Å²) < 4.78 is 5.54. The van der Waals surface area contributed by atoms with Crippen LogP contribution in [0, 0.1) is 5.92 Å². The van der Waals surface area contributed by atoms with E-state index in [1.807, 2.05) is 67.6 Å². The molecule has 0 aliphatic rings. The molecule has 226 valence electrons. The molecular weight excluding hydrogens is 514 g/mol. The maximum absolute atomic E-state index is 14.6. The Morgan fingerprint density at radius 1 is 0.878 bits per heavy atom. The molecule has 0 bridgehead atoms. The van der Waals surface area contributed by atoms with Gasteiger partial charge in [0, 0.05) is 19.0 Å². The number of nitrogens with one attached hydrogen (secondary N) is 2. The van der Waals surface area contributed by atoms with Crippen LogP contribution in [-0.4, -0.2) is 47.0 Å². The minimum Gasteiger partial charge on any atom is -0.444 e. The van der Waals surface area contributed by atoms with Crippen molar-refractivity contribution in [1.29, 1.82) is 0 Å². The van der Waals surface area contributed by atoms with E-state index in [-0.39, 0.29) is 24.3 Å². The van der Waals surface area contributed by atoms with Crippen LogP contribution >= 0.6 is 0 Å². The minimum atomic E-state index is -0.923. The van der Waals surface area contributed by atoms with E-state index in [4.69, 9.17) is 4.74 Å². The molecule has 2 rings (SSSR count). The second kappa shape index (κ2) is 16.8. The molecule has 2 N–H and O–H groups in total. The zero-order valence-corrected chi connectivity index (χ0v) is 26.1. The first-order valence-corrected chi connectivity index (χ1v) is 15.1. The summed E-state index contributed by atoms with van der Waals surface area (Å²) in [6.45, 7) is 14.3. The first kappa shape index (κ1) is 33.9. The predicted molar refractivity (Wildman–Crippen MR) is 165 cm³/mol. The lowest BCUT2D eigenvalue weighted by Gasteiger charge is -2.39. The Morgan fingerprint density at radius 3 is 2.05 bits per heavy atom. The van der Waals surface area contributed by atoms with Gasteiger partial charge < -0.3 is 20.3 Å². The number of amides is 3. The monoisotopic (exact) mass is 565 g/mol. The number of carbonyl (C=O) groups is 3. The summed E-state index contributed by atoms with van der Waals surface area (Å²) in [5.74, 6) is -0.0891. The van der Waals surface area contributed by atoms with Gasteiger partial charge in [0.1, 0.15) is 17.7 Å². The highest BCUT2D eigenvalue weighted by atomic mass is 16.6. The third-order valence-corrected chi connectivity index (χ3v) is 6.88. The Morgan fingerprint density at radius 2 is 1.49 bits per heavy atom. The molecule has 3 atom stereocenters. The number of benzene rings is 2. The fourth-order valence-corrected chi connectivity index (χ4v) is 4.75. The van der Waals surface area contributed by atoms with Crippen LogP contribution in [0.15, 0.2) is 60.7 Å². The first-order chi connectivity index (χ1) is 19.4. The van der Waals surface area contributed by atoms with Crippen LogP contribution in [0.2, 0.25) is 0 Å². The number of alkyl carbamates (subject to hydrolysis) is 1. The summed E-state index contributed by atoms with van der Waals surface area (Å²) in [6.07, 6.45) is 4.16. The lowest BCUT2D eigenvalue weighted by Crippen LogP contribution is -2.56. The largest absolute Gasteiger partial charge is 0.444 e. The predicted octanol–water partition coefficient (Wildman–Crippen LogP) is 6.82. The fourth-order valence-electron chi connectivity index (χ4n) is 4.75. The molecule has 7 heteroatoms. The van der Waals surface area contributed by atoms with Crippen LogP contribution in [0.4, 0.5) is 4.79 Å². The molecule has 0 aliphatic heterocycles. The van der Waals surface area contributed by atoms with Crippen LogP contribution in [-0.2, 0) is 20.7 Å². The van der Waals surface area contributed by atoms with Crippen molar-refractivity contribution in [2.45, 2.75) is 111 Å². The Labute approximate surface area is 247 Å². The summed E-state index contributed by atoms with van der Waals surface area (Å²) in [7, 11) is 0. The zero-order valence-electron chi connectivity index (χ0n) is 26.1. The minimum absolute atomic E-state index is 0.215. The second-order valence-corrected chi connectivity index (χ2v) is 12.3. The van der Waals surface area contributed by atoms with E-state index in [2.05, 4.69) is 31.4 Å². The molecule has 3 amide bonds. The molecule has 41 heavy (non-hydrogen) atoms. The number of carbonyl (C=O) groups excluding carboxylic acids is 3. The maximum atomic E-state index is 14.6. The highest BCUT2D eigenvalue weighted by Gasteiger charge is 2.38. The van der Waals surface area contributed by atoms with Crippen LogP contribution in [0.5, 0.6) is 0 Å². The molecule has 0 saturated heterocycles. The molecule has 3 unspecified atom stereocenters. The van der Waals surface area contributed by atoms with E-state index in [1.165, 1.54) is 0 Å². The summed E-state index contributed by atoms with van der Waals surface area (Å²) in [5, 5.41) is 5.93. The summed E-state index contributed by atoms with van der Waals surface area (Å²) in [6, 6.07) is 17.0. The molecule has 0 spiro atoms. The number of nitrogens with zero attached hydrogens (tertiary/aromatic N) is 1. The lowest BCUT2D eigenvalue weighted by atomic mass is 9.96. The van der Waals surface area contributed by atoms with Gasteiger partial charge in [0.2, 0.25) is 11.8 Å². The van der Waals surface area contributed by atoms with Crippen LogP contribution in [0.25, 0.3) is 0 Å². The van der Waals surface area contributed by atoms with E-state index in [0.29, 0.717) is 12.5 Å². The second-order valence-electron chi connectivity index (χ2n) is 12.3. The highest BCUT2D eigenvalue weighted by Crippen LogP contribution is 2.28. The Balaban J connectivity index is 2.55. The molecule has 0 aromatic heterocycles. The molecule has 2 aromatic rings. The van der Waals surface area contributed by atoms with Gasteiger partial charge >= 0.3 is 6.09 Å². The van der Waals surface area contributed by atoms with Crippen molar-refractivity contribution in [3.63, 3.8) is 0 Å². The van der Waals surface area contributed by atoms with Crippen molar-refractivity contribution >= 4 is 17.9 Å². The van der Waals surface area contributed by atoms with E-state index < -0.39 is 23.8 Å². The van der Waals surface area contributed by atoms with Crippen molar-refractivity contribution in [2.24, 2.45) is 5.92 Å². The number of hydrogen-bond donors (Lipinski definition) is 2. The first-order valence-electron chi connectivity index (χ1n) is 15.1. The van der Waals surface area contributed by atoms with Crippen molar-refractivity contribution in [1.82, 2.24) is 15.5 Å². The smallest absolute Gasteiger partial charge is 0.408 e. The SMILES string of the molecule is CCCCCNC(=O)C(c1ccccc1)N(C(=O)C(Cc1ccccc1)NC(=O)OC(C)(C)C)C(C)CCC(C)C. The van der Waals surface area contributed by atoms with Gasteiger partial charge in [0.15, 0.2) is 0 Å². The quantitative estimate of drug-likeness (QED) is 0.232. The number of ether oxygens (including phenoxy) is 1. The van der Waals surface area contributed by atoms with Gasteiger partial charge in [-0.15, -0.1) is 0 Å². The maximum Gasteiger partial charge on any atom is 0.408 e. The molecule has 2 aromatic carbocycles. The fraction of sp³-hybridized carbons (Fsp3) is 0.559. The Hall–Kier alpha value is -3.35. The van der Waals surface area contributed by atoms with Gasteiger partial charge in [-0.05, 0) is 64.0 Å². The van der Waals surface area contributed by atoms with Crippen molar-refractivity contribution < 1.29 is 19.1 Å². The van der Waals surface area contributed by atoms with E-state index in [0.717, 1.165) is 43.2 Å². The zero-order chi connectivity index (χ0) is 30.4. The molecule has 0 fully saturated rings. The summed E-state index contributed by atoms with van der Waals surface area (Å²) in [5.41, 5.74) is 0.914.